The normalized spacial score (nSPS) is 12.2. The fraction of sp³-hybridized carbons (Fsp3) is 0.167. The van der Waals surface area contributed by atoms with E-state index in [0.717, 1.165) is 6.29 Å². The van der Waals surface area contributed by atoms with Crippen LogP contribution in [0, 0.1) is 21.7 Å². The van der Waals surface area contributed by atoms with E-state index in [1.165, 1.54) is 10.4 Å². The van der Waals surface area contributed by atoms with E-state index in [2.05, 4.69) is 91.0 Å². The molecule has 3 aromatic rings. The Morgan fingerprint density at radius 1 is 0.882 bits per heavy atom. The molecule has 0 bridgehead atoms. The molecule has 1 atom stereocenters. The van der Waals surface area contributed by atoms with Gasteiger partial charge in [-0.3, -0.25) is 4.79 Å². The zero-order valence-corrected chi connectivity index (χ0v) is 22.7. The highest BCUT2D eigenvalue weighted by atomic mass is 127. The van der Waals surface area contributed by atoms with Crippen LogP contribution in [-0.4, -0.2) is 20.7 Å². The molecule has 34 heavy (non-hydrogen) atoms. The third-order valence-electron chi connectivity index (χ3n) is 5.57. The van der Waals surface area contributed by atoms with Crippen LogP contribution in [0.1, 0.15) is 36.7 Å². The van der Waals surface area contributed by atoms with Gasteiger partial charge in [0.1, 0.15) is 6.10 Å². The van der Waals surface area contributed by atoms with Crippen molar-refractivity contribution < 1.29 is 9.22 Å². The lowest BCUT2D eigenvalue weighted by molar-refractivity contribution is 0.112. The summed E-state index contributed by atoms with van der Waals surface area (Å²) in [7, 11) is -2.74. The Hall–Kier alpha value is -2.90. The molecule has 0 aliphatic heterocycles. The van der Waals surface area contributed by atoms with E-state index in [0.29, 0.717) is 11.1 Å². The predicted octanol–water partition coefficient (Wildman–Crippen LogP) is 5.75. The number of hydrogen-bond acceptors (Lipinski definition) is 2. The first-order chi connectivity index (χ1) is 16.4. The van der Waals surface area contributed by atoms with Crippen LogP contribution in [0.4, 0.5) is 0 Å². The fourth-order valence-electron chi connectivity index (χ4n) is 4.02. The van der Waals surface area contributed by atoms with Gasteiger partial charge in [-0.25, -0.2) is 0 Å². The number of halogens is 1. The molecule has 0 heterocycles. The largest absolute Gasteiger partial charge is 0.390 e. The molecule has 0 amide bonds. The molecule has 0 radical (unpaired) electrons. The van der Waals surface area contributed by atoms with Crippen molar-refractivity contribution in [2.24, 2.45) is 0 Å². The molecular weight excluding hydrogens is 547 g/mol. The first kappa shape index (κ1) is 25.7. The summed E-state index contributed by atoms with van der Waals surface area (Å²) >= 11 is 2.05. The highest BCUT2D eigenvalue weighted by molar-refractivity contribution is 14.1. The van der Waals surface area contributed by atoms with Crippen LogP contribution in [0.25, 0.3) is 0 Å². The summed E-state index contributed by atoms with van der Waals surface area (Å²) < 4.78 is 10.1. The Morgan fingerprint density at radius 3 is 1.97 bits per heavy atom. The second-order valence-corrected chi connectivity index (χ2v) is 13.6. The van der Waals surface area contributed by atoms with E-state index in [9.17, 15) is 4.79 Å². The second-order valence-electron chi connectivity index (χ2n) is 8.77. The minimum atomic E-state index is -2.74. The van der Waals surface area contributed by atoms with Gasteiger partial charge in [0.2, 0.25) is 0 Å². The SMILES string of the molecule is CC(C)(C)[Si](OC(C#CI)/C=C\C#Cc1ccccc1C=O)(c1ccccc1)c1ccccc1. The van der Waals surface area contributed by atoms with E-state index in [4.69, 9.17) is 4.43 Å². The Bertz CT molecular complexity index is 1210. The molecule has 0 aliphatic carbocycles. The van der Waals surface area contributed by atoms with Crippen LogP contribution < -0.4 is 10.4 Å². The topological polar surface area (TPSA) is 26.3 Å². The number of hydrogen-bond donors (Lipinski definition) is 0. The van der Waals surface area contributed by atoms with Gasteiger partial charge in [-0.1, -0.05) is 117 Å². The Kier molecular flexibility index (Phi) is 9.07. The Balaban J connectivity index is 2.04. The molecule has 0 N–H and O–H groups in total. The van der Waals surface area contributed by atoms with Crippen molar-refractivity contribution in [1.29, 1.82) is 0 Å². The van der Waals surface area contributed by atoms with Gasteiger partial charge in [-0.2, -0.15) is 0 Å². The van der Waals surface area contributed by atoms with Gasteiger partial charge in [0.15, 0.2) is 6.29 Å². The van der Waals surface area contributed by atoms with E-state index in [1.54, 1.807) is 12.1 Å². The number of rotatable bonds is 6. The van der Waals surface area contributed by atoms with E-state index in [1.807, 2.05) is 59.0 Å². The minimum Gasteiger partial charge on any atom is -0.390 e. The highest BCUT2D eigenvalue weighted by Gasteiger charge is 2.51. The summed E-state index contributed by atoms with van der Waals surface area (Å²) in [6, 6.07) is 28.3. The number of carbonyl (C=O) groups excluding carboxylic acids is 1. The standard InChI is InChI=1S/C30H27IO2Si/c1-30(2,3)34(28-18-6-4-7-19-28,29-20-8-5-9-21-29)33-27(22-23-31)17-13-12-15-25-14-10-11-16-26(25)24-32/h4-11,13-14,16-21,24,27H,1-3H3/b17-13-. The molecular formula is C30H27IO2Si. The van der Waals surface area contributed by atoms with Crippen molar-refractivity contribution in [3.05, 3.63) is 108 Å². The lowest BCUT2D eigenvalue weighted by atomic mass is 10.1. The van der Waals surface area contributed by atoms with Gasteiger partial charge in [-0.15, -0.1) is 0 Å². The number of carbonyl (C=O) groups is 1. The lowest BCUT2D eigenvalue weighted by Gasteiger charge is -2.44. The smallest absolute Gasteiger partial charge is 0.263 e. The van der Waals surface area contributed by atoms with Crippen LogP contribution in [0.3, 0.4) is 0 Å². The molecule has 0 saturated carbocycles. The maximum atomic E-state index is 11.3. The van der Waals surface area contributed by atoms with Crippen LogP contribution >= 0.6 is 22.6 Å². The summed E-state index contributed by atoms with van der Waals surface area (Å²) in [5.74, 6) is 9.31. The molecule has 0 fully saturated rings. The van der Waals surface area contributed by atoms with Crippen LogP contribution in [0.2, 0.25) is 5.04 Å². The Morgan fingerprint density at radius 2 is 1.44 bits per heavy atom. The zero-order chi connectivity index (χ0) is 24.4. The Labute approximate surface area is 217 Å². The maximum Gasteiger partial charge on any atom is 0.263 e. The average Bonchev–Trinajstić information content (AvgIpc) is 2.85. The third kappa shape index (κ3) is 5.96. The molecule has 3 rings (SSSR count). The fourth-order valence-corrected chi connectivity index (χ4v) is 8.86. The minimum absolute atomic E-state index is 0.149. The lowest BCUT2D eigenvalue weighted by Crippen LogP contribution is -2.67. The van der Waals surface area contributed by atoms with Crippen LogP contribution in [-0.2, 0) is 4.43 Å². The quantitative estimate of drug-likeness (QED) is 0.162. The monoisotopic (exact) mass is 574 g/mol. The van der Waals surface area contributed by atoms with Crippen molar-refractivity contribution in [3.63, 3.8) is 0 Å². The van der Waals surface area contributed by atoms with Gasteiger partial charge in [0, 0.05) is 33.7 Å². The van der Waals surface area contributed by atoms with E-state index < -0.39 is 14.4 Å². The van der Waals surface area contributed by atoms with Crippen LogP contribution in [0.5, 0.6) is 0 Å². The molecule has 0 aliphatic rings. The van der Waals surface area contributed by atoms with Gasteiger partial charge in [0.25, 0.3) is 8.32 Å². The molecule has 2 nitrogen and oxygen atoms in total. The van der Waals surface area contributed by atoms with Gasteiger partial charge in [-0.05, 0) is 37.6 Å². The third-order valence-corrected chi connectivity index (χ3v) is 10.9. The van der Waals surface area contributed by atoms with Crippen molar-refractivity contribution in [2.75, 3.05) is 0 Å². The number of benzene rings is 3. The van der Waals surface area contributed by atoms with Crippen molar-refractivity contribution in [2.45, 2.75) is 31.9 Å². The maximum absolute atomic E-state index is 11.3. The highest BCUT2D eigenvalue weighted by Crippen LogP contribution is 2.37. The average molecular weight is 575 g/mol. The zero-order valence-electron chi connectivity index (χ0n) is 19.6. The first-order valence-corrected chi connectivity index (χ1v) is 14.0. The van der Waals surface area contributed by atoms with E-state index in [-0.39, 0.29) is 5.04 Å². The molecule has 0 saturated heterocycles. The number of aldehydes is 1. The summed E-state index contributed by atoms with van der Waals surface area (Å²) in [5, 5.41) is 2.25. The van der Waals surface area contributed by atoms with Crippen molar-refractivity contribution in [1.82, 2.24) is 0 Å². The van der Waals surface area contributed by atoms with Gasteiger partial charge in [0.05, 0.1) is 0 Å². The molecule has 1 unspecified atom stereocenters. The van der Waals surface area contributed by atoms with E-state index >= 15 is 0 Å². The predicted molar refractivity (Wildman–Crippen MR) is 152 cm³/mol. The molecule has 4 heteroatoms. The molecule has 0 spiro atoms. The summed E-state index contributed by atoms with van der Waals surface area (Å²) in [6.07, 6.45) is 4.07. The van der Waals surface area contributed by atoms with Gasteiger partial charge < -0.3 is 4.43 Å². The second kappa shape index (κ2) is 12.0. The summed E-state index contributed by atoms with van der Waals surface area (Å²) in [5.41, 5.74) is 1.28. The molecule has 0 aromatic heterocycles. The van der Waals surface area contributed by atoms with Crippen LogP contribution in [0.15, 0.2) is 97.1 Å². The molecule has 3 aromatic carbocycles. The van der Waals surface area contributed by atoms with Crippen molar-refractivity contribution in [3.8, 4) is 21.7 Å². The van der Waals surface area contributed by atoms with Gasteiger partial charge >= 0.3 is 0 Å². The first-order valence-electron chi connectivity index (χ1n) is 11.0. The molecule has 170 valence electrons. The van der Waals surface area contributed by atoms with Crippen molar-refractivity contribution >= 4 is 47.6 Å². The number of allylic oxidation sites excluding steroid dienone is 1. The summed E-state index contributed by atoms with van der Waals surface area (Å²) in [4.78, 5) is 11.3. The summed E-state index contributed by atoms with van der Waals surface area (Å²) in [6.45, 7) is 6.73.